The monoisotopic (exact) mass is 452 g/mol. The average molecular weight is 452 g/mol. The van der Waals surface area contributed by atoms with Gasteiger partial charge in [0.05, 0.1) is 0 Å². The van der Waals surface area contributed by atoms with E-state index in [1.165, 1.54) is 0 Å². The molecule has 0 aliphatic carbocycles. The van der Waals surface area contributed by atoms with Crippen molar-refractivity contribution in [1.29, 1.82) is 0 Å². The lowest BCUT2D eigenvalue weighted by atomic mass is 9.33. The van der Waals surface area contributed by atoms with Gasteiger partial charge in [0.15, 0.2) is 0 Å². The molecule has 0 saturated carbocycles. The Morgan fingerprint density at radius 1 is 0.400 bits per heavy atom. The first-order valence-electron chi connectivity index (χ1n) is 11.7. The molecule has 2 aliphatic rings. The molecule has 5 aromatic rings. The van der Waals surface area contributed by atoms with Gasteiger partial charge in [0, 0.05) is 34.1 Å². The number of hydrogen-bond donors (Lipinski definition) is 2. The van der Waals surface area contributed by atoms with Gasteiger partial charge in [-0.05, 0) is 77.1 Å². The molecule has 0 saturated heterocycles. The number of benzene rings is 5. The number of hydrogen-bond acceptors (Lipinski definition) is 4. The van der Waals surface area contributed by atoms with Crippen LogP contribution < -0.4 is 26.2 Å². The van der Waals surface area contributed by atoms with Crippen LogP contribution in [0, 0.1) is 0 Å². The largest absolute Gasteiger partial charge is 0.508 e. The first-order chi connectivity index (χ1) is 17.2. The third-order valence-corrected chi connectivity index (χ3v) is 7.04. The highest BCUT2D eigenvalue weighted by Gasteiger charge is 2.45. The number of anilines is 6. The number of fused-ring (bicyclic) bond motifs is 4. The van der Waals surface area contributed by atoms with Crippen LogP contribution >= 0.6 is 0 Å². The van der Waals surface area contributed by atoms with Crippen LogP contribution in [0.5, 0.6) is 11.5 Å². The van der Waals surface area contributed by atoms with Crippen molar-refractivity contribution in [2.45, 2.75) is 0 Å². The molecule has 2 aliphatic heterocycles. The molecular weight excluding hydrogens is 431 g/mol. The zero-order valence-corrected chi connectivity index (χ0v) is 18.8. The fourth-order valence-electron chi connectivity index (χ4n) is 5.69. The smallest absolute Gasteiger partial charge is 0.261 e. The van der Waals surface area contributed by atoms with E-state index in [4.69, 9.17) is 0 Å². The lowest BCUT2D eigenvalue weighted by Gasteiger charge is -2.44. The van der Waals surface area contributed by atoms with Gasteiger partial charge in [-0.2, -0.15) is 0 Å². The summed E-state index contributed by atoms with van der Waals surface area (Å²) in [5.74, 6) is 0.437. The van der Waals surface area contributed by atoms with Crippen LogP contribution in [0.4, 0.5) is 34.1 Å². The maximum Gasteiger partial charge on any atom is 0.261 e. The Labute approximate surface area is 204 Å². The predicted molar refractivity (Wildman–Crippen MR) is 144 cm³/mol. The second-order valence-electron chi connectivity index (χ2n) is 8.90. The van der Waals surface area contributed by atoms with Crippen molar-refractivity contribution >= 4 is 57.2 Å². The molecule has 0 amide bonds. The number of phenols is 2. The van der Waals surface area contributed by atoms with Crippen LogP contribution in [0.15, 0.2) is 115 Å². The number of phenolic OH excluding ortho intramolecular Hbond substituents is 2. The minimum Gasteiger partial charge on any atom is -0.508 e. The lowest BCUT2D eigenvalue weighted by molar-refractivity contribution is 0.478. The van der Waals surface area contributed by atoms with Crippen LogP contribution in [0.25, 0.3) is 0 Å². The third-order valence-electron chi connectivity index (χ3n) is 7.04. The van der Waals surface area contributed by atoms with Crippen molar-refractivity contribution < 1.29 is 10.2 Å². The molecule has 4 nitrogen and oxygen atoms in total. The molecule has 0 fully saturated rings. The van der Waals surface area contributed by atoms with Gasteiger partial charge >= 0.3 is 0 Å². The quantitative estimate of drug-likeness (QED) is 0.355. The van der Waals surface area contributed by atoms with Crippen molar-refractivity contribution in [3.05, 3.63) is 115 Å². The maximum atomic E-state index is 11.2. The molecule has 2 heterocycles. The molecule has 0 unspecified atom stereocenters. The average Bonchev–Trinajstić information content (AvgIpc) is 2.90. The van der Waals surface area contributed by atoms with Crippen LogP contribution in [0.3, 0.4) is 0 Å². The molecule has 0 atom stereocenters. The molecule has 0 bridgehead atoms. The zero-order valence-electron chi connectivity index (χ0n) is 18.8. The highest BCUT2D eigenvalue weighted by Crippen LogP contribution is 2.45. The van der Waals surface area contributed by atoms with E-state index >= 15 is 0 Å². The SMILES string of the molecule is Oc1cccc2c1B1c3c(O)cccc3N(c3ccccc3)c3cccc(c31)N2c1ccccc1. The maximum absolute atomic E-state index is 11.2. The van der Waals surface area contributed by atoms with E-state index in [-0.39, 0.29) is 18.2 Å². The number of aromatic hydroxyl groups is 2. The molecule has 2 N–H and O–H groups in total. The van der Waals surface area contributed by atoms with E-state index in [1.54, 1.807) is 12.1 Å². The van der Waals surface area contributed by atoms with Gasteiger partial charge in [-0.15, -0.1) is 0 Å². The summed E-state index contributed by atoms with van der Waals surface area (Å²) >= 11 is 0. The Morgan fingerprint density at radius 3 is 1.20 bits per heavy atom. The summed E-state index contributed by atoms with van der Waals surface area (Å²) in [5, 5.41) is 22.5. The van der Waals surface area contributed by atoms with Crippen molar-refractivity contribution in [3.63, 3.8) is 0 Å². The second-order valence-corrected chi connectivity index (χ2v) is 8.90. The fraction of sp³-hybridized carbons (Fsp3) is 0. The number of para-hydroxylation sites is 2. The summed E-state index contributed by atoms with van der Waals surface area (Å²) in [4.78, 5) is 4.41. The fourth-order valence-corrected chi connectivity index (χ4v) is 5.69. The molecule has 5 heteroatoms. The predicted octanol–water partition coefficient (Wildman–Crippen LogP) is 5.18. The number of rotatable bonds is 2. The van der Waals surface area contributed by atoms with Crippen molar-refractivity contribution in [3.8, 4) is 11.5 Å². The molecule has 166 valence electrons. The Bertz CT molecular complexity index is 1470. The minimum atomic E-state index is -0.312. The molecule has 0 spiro atoms. The standard InChI is InChI=1S/C30H21BN2O2/c34-26-18-8-16-24-29(26)31-28-22(32(24)20-10-3-1-4-11-20)14-7-15-23(28)33(21-12-5-2-6-13-21)25-17-9-19-27(35)30(25)31/h1-19,34-35H. The molecule has 35 heavy (non-hydrogen) atoms. The first kappa shape index (κ1) is 19.8. The van der Waals surface area contributed by atoms with Gasteiger partial charge < -0.3 is 20.0 Å². The van der Waals surface area contributed by atoms with E-state index in [2.05, 4.69) is 52.3 Å². The first-order valence-corrected chi connectivity index (χ1v) is 11.7. The number of nitrogens with zero attached hydrogens (tertiary/aromatic N) is 2. The Kier molecular flexibility index (Phi) is 4.21. The van der Waals surface area contributed by atoms with Gasteiger partial charge in [0.1, 0.15) is 11.5 Å². The van der Waals surface area contributed by atoms with Crippen molar-refractivity contribution in [2.24, 2.45) is 0 Å². The van der Waals surface area contributed by atoms with Crippen LogP contribution in [0.1, 0.15) is 0 Å². The van der Waals surface area contributed by atoms with Gasteiger partial charge in [-0.3, -0.25) is 0 Å². The molecule has 7 rings (SSSR count). The van der Waals surface area contributed by atoms with Crippen LogP contribution in [-0.4, -0.2) is 16.9 Å². The normalized spacial score (nSPS) is 13.2. The van der Waals surface area contributed by atoms with Gasteiger partial charge in [-0.1, -0.05) is 54.6 Å². The summed E-state index contributed by atoms with van der Waals surface area (Å²) in [5.41, 5.74) is 8.57. The van der Waals surface area contributed by atoms with E-state index < -0.39 is 0 Å². The van der Waals surface area contributed by atoms with E-state index in [0.29, 0.717) is 0 Å². The summed E-state index contributed by atoms with van der Waals surface area (Å²) in [6.45, 7) is -0.312. The van der Waals surface area contributed by atoms with Gasteiger partial charge in [-0.25, -0.2) is 0 Å². The summed E-state index contributed by atoms with van der Waals surface area (Å²) in [7, 11) is 0. The van der Waals surface area contributed by atoms with Crippen molar-refractivity contribution in [1.82, 2.24) is 0 Å². The van der Waals surface area contributed by atoms with Gasteiger partial charge in [0.25, 0.3) is 6.71 Å². The molecular formula is C30H21BN2O2. The molecule has 0 radical (unpaired) electrons. The highest BCUT2D eigenvalue weighted by molar-refractivity contribution is 7.01. The summed E-state index contributed by atoms with van der Waals surface area (Å²) in [6, 6.07) is 38.1. The third kappa shape index (κ3) is 2.75. The molecule has 0 aromatic heterocycles. The zero-order chi connectivity index (χ0) is 23.5. The Hall–Kier alpha value is -4.64. The van der Waals surface area contributed by atoms with E-state index in [9.17, 15) is 10.2 Å². The van der Waals surface area contributed by atoms with E-state index in [1.807, 2.05) is 60.7 Å². The minimum absolute atomic E-state index is 0.219. The molecule has 5 aromatic carbocycles. The lowest BCUT2D eigenvalue weighted by Crippen LogP contribution is -2.61. The summed E-state index contributed by atoms with van der Waals surface area (Å²) in [6.07, 6.45) is 0. The van der Waals surface area contributed by atoms with Gasteiger partial charge in [0.2, 0.25) is 0 Å². The van der Waals surface area contributed by atoms with Crippen LogP contribution in [-0.2, 0) is 0 Å². The Morgan fingerprint density at radius 2 is 0.771 bits per heavy atom. The van der Waals surface area contributed by atoms with Crippen LogP contribution in [0.2, 0.25) is 0 Å². The highest BCUT2D eigenvalue weighted by atomic mass is 16.3. The summed E-state index contributed by atoms with van der Waals surface area (Å²) < 4.78 is 0. The van der Waals surface area contributed by atoms with E-state index in [0.717, 1.165) is 50.5 Å². The topological polar surface area (TPSA) is 46.9 Å². The second kappa shape index (κ2) is 7.44. The van der Waals surface area contributed by atoms with Crippen molar-refractivity contribution in [2.75, 3.05) is 9.80 Å². The Balaban J connectivity index is 1.62.